The van der Waals surface area contributed by atoms with Crippen molar-refractivity contribution in [3.63, 3.8) is 0 Å². The van der Waals surface area contributed by atoms with Gasteiger partial charge in [-0.25, -0.2) is 19.0 Å². The van der Waals surface area contributed by atoms with Gasteiger partial charge in [-0.3, -0.25) is 14.4 Å². The summed E-state index contributed by atoms with van der Waals surface area (Å²) in [6.45, 7) is 3.10. The number of pyridine rings is 1. The number of nitrogens with zero attached hydrogens (tertiary/aromatic N) is 4. The van der Waals surface area contributed by atoms with Crippen molar-refractivity contribution in [2.45, 2.75) is 13.8 Å². The summed E-state index contributed by atoms with van der Waals surface area (Å²) < 4.78 is 15.2. The zero-order valence-corrected chi connectivity index (χ0v) is 17.1. The van der Waals surface area contributed by atoms with E-state index in [9.17, 15) is 18.8 Å². The number of hydrogen-bond acceptors (Lipinski definition) is 5. The van der Waals surface area contributed by atoms with E-state index in [1.807, 2.05) is 0 Å². The van der Waals surface area contributed by atoms with Crippen LogP contribution < -0.4 is 10.2 Å². The fraction of sp³-hybridized carbons (Fsp3) is 0.0870. The van der Waals surface area contributed by atoms with Gasteiger partial charge in [-0.05, 0) is 49.4 Å². The minimum absolute atomic E-state index is 0.176. The molecule has 3 amide bonds. The Balaban J connectivity index is 1.61. The molecule has 1 N–H and O–H groups in total. The maximum Gasteiger partial charge on any atom is 0.267 e. The summed E-state index contributed by atoms with van der Waals surface area (Å²) in [4.78, 5) is 43.1. The van der Waals surface area contributed by atoms with Crippen LogP contribution in [0.5, 0.6) is 0 Å². The smallest absolute Gasteiger partial charge is 0.267 e. The van der Waals surface area contributed by atoms with Crippen LogP contribution >= 0.6 is 0 Å². The highest BCUT2D eigenvalue weighted by Crippen LogP contribution is 2.34. The zero-order chi connectivity index (χ0) is 22.6. The number of carbonyl (C=O) groups excluding carboxylic acids is 3. The van der Waals surface area contributed by atoms with Crippen molar-refractivity contribution >= 4 is 40.1 Å². The number of rotatable bonds is 3. The minimum atomic E-state index is -0.496. The molecule has 0 spiro atoms. The van der Waals surface area contributed by atoms with Crippen molar-refractivity contribution < 1.29 is 18.8 Å². The Morgan fingerprint density at radius 2 is 1.78 bits per heavy atom. The lowest BCUT2D eigenvalue weighted by Gasteiger charge is -2.14. The van der Waals surface area contributed by atoms with Crippen LogP contribution in [0, 0.1) is 12.7 Å². The second-order valence-corrected chi connectivity index (χ2v) is 7.40. The summed E-state index contributed by atoms with van der Waals surface area (Å²) in [5.74, 6) is -1.64. The van der Waals surface area contributed by atoms with E-state index < -0.39 is 17.6 Å². The quantitative estimate of drug-likeness (QED) is 0.502. The number of fused-ring (bicyclic) bond motifs is 3. The molecule has 5 rings (SSSR count). The van der Waals surface area contributed by atoms with E-state index in [0.29, 0.717) is 33.8 Å². The summed E-state index contributed by atoms with van der Waals surface area (Å²) in [5, 5.41) is 7.53. The van der Waals surface area contributed by atoms with Gasteiger partial charge in [0.05, 0.1) is 33.6 Å². The number of aryl methyl sites for hydroxylation is 1. The number of benzene rings is 2. The summed E-state index contributed by atoms with van der Waals surface area (Å²) in [6.07, 6.45) is 1.35. The molecule has 4 aromatic rings. The molecule has 9 heteroatoms. The van der Waals surface area contributed by atoms with Gasteiger partial charge in [0.2, 0.25) is 5.91 Å². The summed E-state index contributed by atoms with van der Waals surface area (Å²) in [7, 11) is 0. The number of nitrogens with one attached hydrogen (secondary N) is 1. The Hall–Kier alpha value is -4.40. The molecule has 0 saturated heterocycles. The monoisotopic (exact) mass is 429 g/mol. The molecule has 0 radical (unpaired) electrons. The van der Waals surface area contributed by atoms with Crippen LogP contribution in [0.15, 0.2) is 54.7 Å². The van der Waals surface area contributed by atoms with E-state index in [2.05, 4.69) is 15.4 Å². The zero-order valence-electron chi connectivity index (χ0n) is 17.1. The lowest BCUT2D eigenvalue weighted by molar-refractivity contribution is -0.114. The second kappa shape index (κ2) is 7.09. The highest BCUT2D eigenvalue weighted by Gasteiger charge is 2.40. The predicted molar refractivity (Wildman–Crippen MR) is 115 cm³/mol. The molecule has 1 aliphatic rings. The van der Waals surface area contributed by atoms with Gasteiger partial charge in [0.25, 0.3) is 11.8 Å². The van der Waals surface area contributed by atoms with E-state index in [0.717, 1.165) is 4.90 Å². The summed E-state index contributed by atoms with van der Waals surface area (Å²) >= 11 is 0. The average Bonchev–Trinajstić information content (AvgIpc) is 3.22. The van der Waals surface area contributed by atoms with Gasteiger partial charge in [-0.15, -0.1) is 0 Å². The third kappa shape index (κ3) is 2.94. The molecule has 3 heterocycles. The topological polar surface area (TPSA) is 97.2 Å². The Morgan fingerprint density at radius 1 is 1.03 bits per heavy atom. The molecule has 0 aliphatic carbocycles. The van der Waals surface area contributed by atoms with E-state index in [1.54, 1.807) is 43.3 Å². The van der Waals surface area contributed by atoms with Crippen LogP contribution in [0.3, 0.4) is 0 Å². The molecule has 1 aliphatic heterocycles. The molecule has 0 atom stereocenters. The molecular formula is C23H16FN5O3. The van der Waals surface area contributed by atoms with Crippen LogP contribution in [0.4, 0.5) is 15.8 Å². The van der Waals surface area contributed by atoms with E-state index in [4.69, 9.17) is 0 Å². The molecule has 32 heavy (non-hydrogen) atoms. The number of halogens is 1. The fourth-order valence-electron chi connectivity index (χ4n) is 3.88. The van der Waals surface area contributed by atoms with Crippen LogP contribution in [0.25, 0.3) is 16.7 Å². The number of anilines is 2. The van der Waals surface area contributed by atoms with Crippen molar-refractivity contribution in [1.29, 1.82) is 0 Å². The van der Waals surface area contributed by atoms with Crippen LogP contribution in [0.1, 0.15) is 33.3 Å². The SMILES string of the molecule is CC(=O)Nc1ccc(N2C(=O)c3cnc4c(c(C)nn4-c4cccc(F)c4)c3C2=O)cc1. The van der Waals surface area contributed by atoms with Gasteiger partial charge >= 0.3 is 0 Å². The average molecular weight is 429 g/mol. The van der Waals surface area contributed by atoms with Gasteiger partial charge in [-0.2, -0.15) is 5.10 Å². The van der Waals surface area contributed by atoms with Gasteiger partial charge in [0.15, 0.2) is 5.65 Å². The molecule has 2 aromatic carbocycles. The first-order valence-corrected chi connectivity index (χ1v) is 9.76. The third-order valence-corrected chi connectivity index (χ3v) is 5.22. The first-order valence-electron chi connectivity index (χ1n) is 9.76. The van der Waals surface area contributed by atoms with Crippen molar-refractivity contribution in [2.75, 3.05) is 10.2 Å². The highest BCUT2D eigenvalue weighted by atomic mass is 19.1. The van der Waals surface area contributed by atoms with Crippen molar-refractivity contribution in [2.24, 2.45) is 0 Å². The van der Waals surface area contributed by atoms with Gasteiger partial charge in [-0.1, -0.05) is 6.07 Å². The Labute approximate surface area is 181 Å². The predicted octanol–water partition coefficient (Wildman–Crippen LogP) is 3.63. The molecule has 158 valence electrons. The van der Waals surface area contributed by atoms with Crippen LogP contribution in [-0.2, 0) is 4.79 Å². The van der Waals surface area contributed by atoms with E-state index >= 15 is 0 Å². The second-order valence-electron chi connectivity index (χ2n) is 7.40. The molecule has 0 unspecified atom stereocenters. The minimum Gasteiger partial charge on any atom is -0.326 e. The number of imide groups is 1. The lowest BCUT2D eigenvalue weighted by atomic mass is 10.1. The van der Waals surface area contributed by atoms with Crippen molar-refractivity contribution in [1.82, 2.24) is 14.8 Å². The summed E-state index contributed by atoms with van der Waals surface area (Å²) in [6, 6.07) is 12.3. The van der Waals surface area contributed by atoms with Gasteiger partial charge in [0.1, 0.15) is 5.82 Å². The number of amides is 3. The third-order valence-electron chi connectivity index (χ3n) is 5.22. The number of aromatic nitrogens is 3. The largest absolute Gasteiger partial charge is 0.326 e. The maximum absolute atomic E-state index is 13.7. The molecule has 8 nitrogen and oxygen atoms in total. The molecule has 0 saturated carbocycles. The van der Waals surface area contributed by atoms with Crippen LogP contribution in [-0.4, -0.2) is 32.5 Å². The molecular weight excluding hydrogens is 413 g/mol. The van der Waals surface area contributed by atoms with Crippen molar-refractivity contribution in [3.05, 3.63) is 77.4 Å². The Morgan fingerprint density at radius 3 is 2.47 bits per heavy atom. The van der Waals surface area contributed by atoms with Crippen LogP contribution in [0.2, 0.25) is 0 Å². The maximum atomic E-state index is 13.7. The van der Waals surface area contributed by atoms with Gasteiger partial charge < -0.3 is 5.32 Å². The first-order chi connectivity index (χ1) is 15.3. The Bertz CT molecular complexity index is 1440. The standard InChI is InChI=1S/C23H16FN5O3/c1-12-19-20-18(11-25-21(19)29(27-12)17-5-3-4-14(24)10-17)22(31)28(23(20)32)16-8-6-15(7-9-16)26-13(2)30/h3-11H,1-2H3,(H,26,30). The van der Waals surface area contributed by atoms with Gasteiger partial charge in [0, 0.05) is 18.8 Å². The van der Waals surface area contributed by atoms with Crippen molar-refractivity contribution in [3.8, 4) is 5.69 Å². The molecule has 0 fully saturated rings. The Kier molecular flexibility index (Phi) is 4.33. The van der Waals surface area contributed by atoms with E-state index in [1.165, 1.54) is 29.9 Å². The molecule has 2 aromatic heterocycles. The number of carbonyl (C=O) groups is 3. The fourth-order valence-corrected chi connectivity index (χ4v) is 3.88. The number of hydrogen-bond donors (Lipinski definition) is 1. The molecule has 0 bridgehead atoms. The van der Waals surface area contributed by atoms with E-state index in [-0.39, 0.29) is 17.0 Å². The summed E-state index contributed by atoms with van der Waals surface area (Å²) in [5.41, 5.74) is 2.62. The normalized spacial score (nSPS) is 13.0. The highest BCUT2D eigenvalue weighted by molar-refractivity contribution is 6.37. The lowest BCUT2D eigenvalue weighted by Crippen LogP contribution is -2.29. The first kappa shape index (κ1) is 19.6.